The first-order valence-corrected chi connectivity index (χ1v) is 9.47. The van der Waals surface area contributed by atoms with Gasteiger partial charge in [-0.3, -0.25) is 4.79 Å². The molecule has 0 radical (unpaired) electrons. The molecular formula is C20H31N3O4. The van der Waals surface area contributed by atoms with E-state index in [9.17, 15) is 9.59 Å². The highest BCUT2D eigenvalue weighted by molar-refractivity contribution is 5.79. The fraction of sp³-hybridized carbons (Fsp3) is 0.600. The van der Waals surface area contributed by atoms with Gasteiger partial charge in [0.15, 0.2) is 0 Å². The lowest BCUT2D eigenvalue weighted by Gasteiger charge is -2.42. The van der Waals surface area contributed by atoms with Gasteiger partial charge in [-0.15, -0.1) is 0 Å². The molecule has 7 nitrogen and oxygen atoms in total. The molecule has 0 aromatic heterocycles. The van der Waals surface area contributed by atoms with Gasteiger partial charge in [0.05, 0.1) is 13.5 Å². The molecule has 0 atom stereocenters. The predicted octanol–water partition coefficient (Wildman–Crippen LogP) is 1.95. The molecule has 2 rings (SSSR count). The minimum atomic E-state index is -0.338. The summed E-state index contributed by atoms with van der Waals surface area (Å²) in [5, 5.41) is 6.06. The molecule has 1 heterocycles. The number of likely N-dealkylation sites (tertiary alicyclic amines) is 1. The molecule has 0 spiro atoms. The second-order valence-corrected chi connectivity index (χ2v) is 6.92. The largest absolute Gasteiger partial charge is 0.497 e. The molecule has 1 aromatic carbocycles. The number of methoxy groups -OCH3 is 2. The van der Waals surface area contributed by atoms with Crippen LogP contribution >= 0.6 is 0 Å². The van der Waals surface area contributed by atoms with Crippen molar-refractivity contribution >= 4 is 11.9 Å². The van der Waals surface area contributed by atoms with Crippen LogP contribution in [0, 0.1) is 0 Å². The average molecular weight is 377 g/mol. The van der Waals surface area contributed by atoms with Crippen LogP contribution < -0.4 is 15.4 Å². The molecule has 1 saturated heterocycles. The van der Waals surface area contributed by atoms with Gasteiger partial charge < -0.3 is 25.0 Å². The van der Waals surface area contributed by atoms with Gasteiger partial charge in [0.2, 0.25) is 5.91 Å². The summed E-state index contributed by atoms with van der Waals surface area (Å²) in [6.07, 6.45) is 2.47. The Kier molecular flexibility index (Phi) is 7.91. The summed E-state index contributed by atoms with van der Waals surface area (Å²) in [6.45, 7) is 4.33. The Morgan fingerprint density at radius 2 is 1.96 bits per heavy atom. The van der Waals surface area contributed by atoms with Crippen LogP contribution in [0.1, 0.15) is 31.7 Å². The summed E-state index contributed by atoms with van der Waals surface area (Å²) in [7, 11) is 3.27. The van der Waals surface area contributed by atoms with E-state index in [1.54, 1.807) is 14.2 Å². The number of carbonyl (C=O) groups excluding carboxylic acids is 2. The molecule has 1 aliphatic rings. The van der Waals surface area contributed by atoms with E-state index in [-0.39, 0.29) is 17.5 Å². The average Bonchev–Trinajstić information content (AvgIpc) is 2.67. The number of benzene rings is 1. The van der Waals surface area contributed by atoms with Crippen molar-refractivity contribution in [2.75, 3.05) is 40.5 Å². The zero-order valence-electron chi connectivity index (χ0n) is 16.5. The van der Waals surface area contributed by atoms with E-state index in [0.29, 0.717) is 32.7 Å². The minimum absolute atomic E-state index is 0.0224. The van der Waals surface area contributed by atoms with E-state index in [0.717, 1.165) is 30.6 Å². The van der Waals surface area contributed by atoms with Crippen molar-refractivity contribution in [3.05, 3.63) is 29.8 Å². The lowest BCUT2D eigenvalue weighted by atomic mass is 9.84. The standard InChI is InChI=1S/C20H31N3O4/c1-4-21-19(25)23-11-8-20(9-12-23,10-13-26-2)22-18(24)15-16-6-5-7-17(14-16)27-3/h5-7,14H,4,8-13,15H2,1-3H3,(H,21,25)(H,22,24). The monoisotopic (exact) mass is 377 g/mol. The highest BCUT2D eigenvalue weighted by atomic mass is 16.5. The summed E-state index contributed by atoms with van der Waals surface area (Å²) in [5.74, 6) is 0.718. The molecule has 1 fully saturated rings. The first-order chi connectivity index (χ1) is 13.0. The van der Waals surface area contributed by atoms with Crippen molar-refractivity contribution in [2.45, 2.75) is 38.1 Å². The summed E-state index contributed by atoms with van der Waals surface area (Å²) >= 11 is 0. The van der Waals surface area contributed by atoms with E-state index in [2.05, 4.69) is 10.6 Å². The summed E-state index contributed by atoms with van der Waals surface area (Å²) in [4.78, 5) is 26.5. The maximum atomic E-state index is 12.7. The Bertz CT molecular complexity index is 627. The Morgan fingerprint density at radius 1 is 1.22 bits per heavy atom. The fourth-order valence-electron chi connectivity index (χ4n) is 3.44. The van der Waals surface area contributed by atoms with Crippen molar-refractivity contribution in [3.8, 4) is 5.75 Å². The third-order valence-electron chi connectivity index (χ3n) is 5.02. The van der Waals surface area contributed by atoms with Gasteiger partial charge in [-0.2, -0.15) is 0 Å². The molecule has 150 valence electrons. The minimum Gasteiger partial charge on any atom is -0.497 e. The zero-order chi connectivity index (χ0) is 19.7. The predicted molar refractivity (Wildman–Crippen MR) is 104 cm³/mol. The first-order valence-electron chi connectivity index (χ1n) is 9.47. The molecule has 1 aromatic rings. The first kappa shape index (κ1) is 21.0. The van der Waals surface area contributed by atoms with Crippen LogP contribution in [0.2, 0.25) is 0 Å². The van der Waals surface area contributed by atoms with Gasteiger partial charge in [0, 0.05) is 38.9 Å². The second-order valence-electron chi connectivity index (χ2n) is 6.92. The third-order valence-corrected chi connectivity index (χ3v) is 5.02. The van der Waals surface area contributed by atoms with Crippen LogP contribution in [0.25, 0.3) is 0 Å². The SMILES string of the molecule is CCNC(=O)N1CCC(CCOC)(NC(=O)Cc2cccc(OC)c2)CC1. The van der Waals surface area contributed by atoms with Gasteiger partial charge in [-0.25, -0.2) is 4.79 Å². The van der Waals surface area contributed by atoms with Gasteiger partial charge >= 0.3 is 6.03 Å². The van der Waals surface area contributed by atoms with Crippen molar-refractivity contribution in [1.29, 1.82) is 0 Å². The van der Waals surface area contributed by atoms with Crippen molar-refractivity contribution in [3.63, 3.8) is 0 Å². The molecule has 3 amide bonds. The van der Waals surface area contributed by atoms with E-state index in [1.807, 2.05) is 36.1 Å². The molecule has 0 aliphatic carbocycles. The highest BCUT2D eigenvalue weighted by Gasteiger charge is 2.36. The Morgan fingerprint density at radius 3 is 2.59 bits per heavy atom. The molecule has 2 N–H and O–H groups in total. The molecular weight excluding hydrogens is 346 g/mol. The third kappa shape index (κ3) is 6.13. The lowest BCUT2D eigenvalue weighted by molar-refractivity contribution is -0.123. The van der Waals surface area contributed by atoms with E-state index < -0.39 is 0 Å². The summed E-state index contributed by atoms with van der Waals surface area (Å²) in [6, 6.07) is 7.49. The smallest absolute Gasteiger partial charge is 0.317 e. The van der Waals surface area contributed by atoms with E-state index >= 15 is 0 Å². The van der Waals surface area contributed by atoms with Crippen molar-refractivity contribution < 1.29 is 19.1 Å². The number of hydrogen-bond donors (Lipinski definition) is 2. The van der Waals surface area contributed by atoms with Gasteiger partial charge in [-0.1, -0.05) is 12.1 Å². The number of rotatable bonds is 8. The Hall–Kier alpha value is -2.28. The maximum absolute atomic E-state index is 12.7. The molecule has 7 heteroatoms. The Labute approximate surface area is 161 Å². The number of amides is 3. The summed E-state index contributed by atoms with van der Waals surface area (Å²) < 4.78 is 10.5. The number of nitrogens with zero attached hydrogens (tertiary/aromatic N) is 1. The molecule has 0 bridgehead atoms. The second kappa shape index (κ2) is 10.2. The van der Waals surface area contributed by atoms with Crippen LogP contribution in [0.4, 0.5) is 4.79 Å². The summed E-state index contributed by atoms with van der Waals surface area (Å²) in [5.41, 5.74) is 0.572. The van der Waals surface area contributed by atoms with Crippen LogP contribution in [-0.4, -0.2) is 62.8 Å². The number of piperidine rings is 1. The topological polar surface area (TPSA) is 79.9 Å². The van der Waals surface area contributed by atoms with Crippen LogP contribution in [-0.2, 0) is 16.0 Å². The van der Waals surface area contributed by atoms with E-state index in [1.165, 1.54) is 0 Å². The van der Waals surface area contributed by atoms with Gasteiger partial charge in [0.1, 0.15) is 5.75 Å². The van der Waals surface area contributed by atoms with E-state index in [4.69, 9.17) is 9.47 Å². The van der Waals surface area contributed by atoms with Crippen LogP contribution in [0.5, 0.6) is 5.75 Å². The highest BCUT2D eigenvalue weighted by Crippen LogP contribution is 2.26. The molecule has 27 heavy (non-hydrogen) atoms. The maximum Gasteiger partial charge on any atom is 0.317 e. The quantitative estimate of drug-likeness (QED) is 0.726. The van der Waals surface area contributed by atoms with Gasteiger partial charge in [0.25, 0.3) is 0 Å². The van der Waals surface area contributed by atoms with Crippen LogP contribution in [0.15, 0.2) is 24.3 Å². The lowest BCUT2D eigenvalue weighted by Crippen LogP contribution is -2.58. The number of carbonyl (C=O) groups is 2. The van der Waals surface area contributed by atoms with Gasteiger partial charge in [-0.05, 0) is 43.9 Å². The number of urea groups is 1. The van der Waals surface area contributed by atoms with Crippen molar-refractivity contribution in [2.24, 2.45) is 0 Å². The molecule has 0 saturated carbocycles. The number of hydrogen-bond acceptors (Lipinski definition) is 4. The fourth-order valence-corrected chi connectivity index (χ4v) is 3.44. The molecule has 0 unspecified atom stereocenters. The number of nitrogens with one attached hydrogen (secondary N) is 2. The normalized spacial score (nSPS) is 15.9. The molecule has 1 aliphatic heterocycles. The zero-order valence-corrected chi connectivity index (χ0v) is 16.5. The van der Waals surface area contributed by atoms with Crippen LogP contribution in [0.3, 0.4) is 0 Å². The van der Waals surface area contributed by atoms with Crippen molar-refractivity contribution in [1.82, 2.24) is 15.5 Å². The Balaban J connectivity index is 1.99. The number of ether oxygens (including phenoxy) is 2.